The number of hydrogen-bond acceptors (Lipinski definition) is 2. The van der Waals surface area contributed by atoms with E-state index >= 15 is 0 Å². The molecular formula is C14H13FN2O2. The Labute approximate surface area is 109 Å². The molecular weight excluding hydrogens is 247 g/mol. The molecule has 0 aliphatic rings. The molecule has 0 atom stereocenters. The van der Waals surface area contributed by atoms with Crippen LogP contribution < -0.4 is 10.9 Å². The Morgan fingerprint density at radius 1 is 1.32 bits per heavy atom. The number of aromatic nitrogens is 1. The maximum absolute atomic E-state index is 13.1. The molecule has 0 saturated carbocycles. The lowest BCUT2D eigenvalue weighted by atomic mass is 10.2. The minimum atomic E-state index is -0.344. The molecule has 5 heteroatoms. The van der Waals surface area contributed by atoms with Crippen LogP contribution in [0.5, 0.6) is 0 Å². The van der Waals surface area contributed by atoms with Crippen LogP contribution in [-0.4, -0.2) is 10.5 Å². The topological polar surface area (TPSA) is 51.1 Å². The molecule has 1 amide bonds. The number of hydrogen-bond donors (Lipinski definition) is 1. The Bertz CT molecular complexity index is 664. The largest absolute Gasteiger partial charge is 0.325 e. The highest BCUT2D eigenvalue weighted by Crippen LogP contribution is 2.07. The molecule has 98 valence electrons. The first kappa shape index (κ1) is 13.0. The average Bonchev–Trinajstić information content (AvgIpc) is 2.33. The number of benzene rings is 1. The van der Waals surface area contributed by atoms with Crippen LogP contribution in [0.25, 0.3) is 0 Å². The summed E-state index contributed by atoms with van der Waals surface area (Å²) in [5.74, 6) is -0.556. The molecule has 0 saturated heterocycles. The molecule has 1 heterocycles. The fourth-order valence-electron chi connectivity index (χ4n) is 1.76. The van der Waals surface area contributed by atoms with Crippen molar-refractivity contribution >= 4 is 11.6 Å². The molecule has 1 aromatic carbocycles. The van der Waals surface area contributed by atoms with E-state index in [4.69, 9.17) is 0 Å². The zero-order valence-electron chi connectivity index (χ0n) is 10.4. The number of rotatable bonds is 3. The lowest BCUT2D eigenvalue weighted by molar-refractivity contribution is -0.114. The van der Waals surface area contributed by atoms with Crippen molar-refractivity contribution in [2.24, 2.45) is 0 Å². The van der Waals surface area contributed by atoms with Gasteiger partial charge in [-0.25, -0.2) is 4.39 Å². The molecule has 4 nitrogen and oxygen atoms in total. The Hall–Kier alpha value is -2.43. The number of carbonyl (C=O) groups is 1. The van der Waals surface area contributed by atoms with Crippen molar-refractivity contribution in [2.75, 3.05) is 5.32 Å². The van der Waals surface area contributed by atoms with E-state index in [1.54, 1.807) is 12.1 Å². The van der Waals surface area contributed by atoms with Gasteiger partial charge in [0, 0.05) is 19.2 Å². The van der Waals surface area contributed by atoms with Gasteiger partial charge in [-0.2, -0.15) is 0 Å². The summed E-state index contributed by atoms with van der Waals surface area (Å²) in [6.45, 7) is 1.64. The molecule has 0 aliphatic heterocycles. The number of amides is 1. The van der Waals surface area contributed by atoms with Crippen LogP contribution in [0.1, 0.15) is 12.5 Å². The molecule has 0 unspecified atom stereocenters. The Kier molecular flexibility index (Phi) is 3.75. The number of nitrogens with one attached hydrogen (secondary N) is 1. The highest BCUT2D eigenvalue weighted by Gasteiger charge is 2.02. The fraction of sp³-hybridized carbons (Fsp3) is 0.143. The van der Waals surface area contributed by atoms with E-state index in [1.807, 2.05) is 0 Å². The molecule has 19 heavy (non-hydrogen) atoms. The lowest BCUT2D eigenvalue weighted by Gasteiger charge is -2.08. The van der Waals surface area contributed by atoms with Gasteiger partial charge < -0.3 is 9.88 Å². The van der Waals surface area contributed by atoms with Gasteiger partial charge in [0.15, 0.2) is 0 Å². The van der Waals surface area contributed by atoms with Gasteiger partial charge in [-0.1, -0.05) is 12.1 Å². The van der Waals surface area contributed by atoms with Crippen molar-refractivity contribution in [3.63, 3.8) is 0 Å². The van der Waals surface area contributed by atoms with Crippen LogP contribution in [-0.2, 0) is 11.3 Å². The number of carbonyl (C=O) groups excluding carboxylic acids is 1. The summed E-state index contributed by atoms with van der Waals surface area (Å²) in [6, 6.07) is 8.95. The Balaban J connectivity index is 2.29. The van der Waals surface area contributed by atoms with Crippen molar-refractivity contribution < 1.29 is 9.18 Å². The highest BCUT2D eigenvalue weighted by atomic mass is 19.1. The first-order valence-electron chi connectivity index (χ1n) is 5.77. The van der Waals surface area contributed by atoms with Crippen LogP contribution in [0.4, 0.5) is 10.1 Å². The van der Waals surface area contributed by atoms with E-state index in [1.165, 1.54) is 42.0 Å². The Morgan fingerprint density at radius 3 is 2.79 bits per heavy atom. The normalized spacial score (nSPS) is 10.2. The SMILES string of the molecule is CC(=O)Nc1ccc(=O)n(Cc2cccc(F)c2)c1. The minimum Gasteiger partial charge on any atom is -0.325 e. The zero-order valence-corrected chi connectivity index (χ0v) is 10.4. The summed E-state index contributed by atoms with van der Waals surface area (Å²) in [6.07, 6.45) is 1.54. The summed E-state index contributed by atoms with van der Waals surface area (Å²) < 4.78 is 14.5. The van der Waals surface area contributed by atoms with Crippen LogP contribution in [0.2, 0.25) is 0 Å². The third-order valence-electron chi connectivity index (χ3n) is 2.55. The van der Waals surface area contributed by atoms with Crippen molar-refractivity contribution in [1.29, 1.82) is 0 Å². The third-order valence-corrected chi connectivity index (χ3v) is 2.55. The van der Waals surface area contributed by atoms with Crippen molar-refractivity contribution in [1.82, 2.24) is 4.57 Å². The molecule has 1 N–H and O–H groups in total. The summed E-state index contributed by atoms with van der Waals surface area (Å²) >= 11 is 0. The summed E-state index contributed by atoms with van der Waals surface area (Å²) in [7, 11) is 0. The van der Waals surface area contributed by atoms with Gasteiger partial charge in [-0.3, -0.25) is 9.59 Å². The molecule has 0 spiro atoms. The van der Waals surface area contributed by atoms with E-state index in [-0.39, 0.29) is 23.8 Å². The fourth-order valence-corrected chi connectivity index (χ4v) is 1.76. The third kappa shape index (κ3) is 3.51. The number of halogens is 1. The molecule has 0 bridgehead atoms. The summed E-state index contributed by atoms with van der Waals surface area (Å²) in [4.78, 5) is 22.7. The van der Waals surface area contributed by atoms with Gasteiger partial charge in [-0.05, 0) is 23.8 Å². The lowest BCUT2D eigenvalue weighted by Crippen LogP contribution is -2.20. The van der Waals surface area contributed by atoms with Crippen molar-refractivity contribution in [3.05, 3.63) is 64.3 Å². The average molecular weight is 260 g/mol. The van der Waals surface area contributed by atoms with E-state index in [2.05, 4.69) is 5.32 Å². The number of pyridine rings is 1. The number of nitrogens with zero attached hydrogens (tertiary/aromatic N) is 1. The van der Waals surface area contributed by atoms with Gasteiger partial charge in [0.05, 0.1) is 12.2 Å². The second-order valence-corrected chi connectivity index (χ2v) is 4.20. The van der Waals surface area contributed by atoms with Crippen molar-refractivity contribution in [2.45, 2.75) is 13.5 Å². The molecule has 0 aliphatic carbocycles. The predicted octanol–water partition coefficient (Wildman–Crippen LogP) is 1.99. The van der Waals surface area contributed by atoms with E-state index in [9.17, 15) is 14.0 Å². The maximum atomic E-state index is 13.1. The second kappa shape index (κ2) is 5.48. The van der Waals surface area contributed by atoms with Gasteiger partial charge in [0.2, 0.25) is 5.91 Å². The smallest absolute Gasteiger partial charge is 0.250 e. The maximum Gasteiger partial charge on any atom is 0.250 e. The molecule has 1 aromatic heterocycles. The second-order valence-electron chi connectivity index (χ2n) is 4.20. The van der Waals surface area contributed by atoms with Crippen LogP contribution in [0.3, 0.4) is 0 Å². The Morgan fingerprint density at radius 2 is 2.11 bits per heavy atom. The van der Waals surface area contributed by atoms with E-state index < -0.39 is 0 Å². The predicted molar refractivity (Wildman–Crippen MR) is 70.5 cm³/mol. The van der Waals surface area contributed by atoms with Crippen LogP contribution >= 0.6 is 0 Å². The molecule has 0 radical (unpaired) electrons. The standard InChI is InChI=1S/C14H13FN2O2/c1-10(18)16-13-5-6-14(19)17(9-13)8-11-3-2-4-12(15)7-11/h2-7,9H,8H2,1H3,(H,16,18). The quantitative estimate of drug-likeness (QED) is 0.917. The minimum absolute atomic E-state index is 0.210. The summed E-state index contributed by atoms with van der Waals surface area (Å²) in [5.41, 5.74) is 1.00. The van der Waals surface area contributed by atoms with Crippen LogP contribution in [0, 0.1) is 5.82 Å². The first-order chi connectivity index (χ1) is 9.04. The van der Waals surface area contributed by atoms with Crippen molar-refractivity contribution in [3.8, 4) is 0 Å². The molecule has 2 aromatic rings. The van der Waals surface area contributed by atoms with E-state index in [0.717, 1.165) is 0 Å². The van der Waals surface area contributed by atoms with Gasteiger partial charge in [0.25, 0.3) is 5.56 Å². The zero-order chi connectivity index (χ0) is 13.8. The van der Waals surface area contributed by atoms with Crippen LogP contribution in [0.15, 0.2) is 47.4 Å². The first-order valence-corrected chi connectivity index (χ1v) is 5.77. The molecule has 0 fully saturated rings. The molecule has 2 rings (SSSR count). The van der Waals surface area contributed by atoms with Gasteiger partial charge >= 0.3 is 0 Å². The van der Waals surface area contributed by atoms with Gasteiger partial charge in [0.1, 0.15) is 5.82 Å². The number of anilines is 1. The van der Waals surface area contributed by atoms with Gasteiger partial charge in [-0.15, -0.1) is 0 Å². The highest BCUT2D eigenvalue weighted by molar-refractivity contribution is 5.88. The summed E-state index contributed by atoms with van der Waals surface area (Å²) in [5, 5.41) is 2.60. The monoisotopic (exact) mass is 260 g/mol. The van der Waals surface area contributed by atoms with E-state index in [0.29, 0.717) is 11.3 Å².